The molecule has 0 aliphatic carbocycles. The molecule has 1 atom stereocenters. The summed E-state index contributed by atoms with van der Waals surface area (Å²) >= 11 is 0. The zero-order valence-electron chi connectivity index (χ0n) is 12.5. The van der Waals surface area contributed by atoms with Crippen LogP contribution in [0.4, 0.5) is 8.78 Å². The Morgan fingerprint density at radius 2 is 1.95 bits per heavy atom. The lowest BCUT2D eigenvalue weighted by Gasteiger charge is -2.18. The molecule has 1 aromatic carbocycles. The zero-order chi connectivity index (χ0) is 16.5. The Kier molecular flexibility index (Phi) is 7.45. The maximum absolute atomic E-state index is 13.2. The molecule has 4 N–H and O–H groups in total. The standard InChI is InChI=1S/C15H21F2N3O2/c1-10(21)20-14(15(22)19-7-3-2-6-18)9-11-4-5-12(16)13(17)8-11/h4-5,8,14H,2-3,6-7,9,18H2,1H3,(H,19,22)(H,20,21)/t14-/m0/s1. The summed E-state index contributed by atoms with van der Waals surface area (Å²) in [5.74, 6) is -2.67. The van der Waals surface area contributed by atoms with Crippen molar-refractivity contribution in [1.82, 2.24) is 10.6 Å². The average Bonchev–Trinajstić information content (AvgIpc) is 2.46. The van der Waals surface area contributed by atoms with Crippen molar-refractivity contribution in [2.24, 2.45) is 5.73 Å². The fourth-order valence-electron chi connectivity index (χ4n) is 1.96. The Bertz CT molecular complexity index is 524. The van der Waals surface area contributed by atoms with Crippen molar-refractivity contribution in [3.63, 3.8) is 0 Å². The first-order valence-corrected chi connectivity index (χ1v) is 7.13. The molecule has 0 bridgehead atoms. The maximum atomic E-state index is 13.2. The van der Waals surface area contributed by atoms with Crippen molar-refractivity contribution in [3.8, 4) is 0 Å². The van der Waals surface area contributed by atoms with Crippen molar-refractivity contribution in [2.45, 2.75) is 32.2 Å². The van der Waals surface area contributed by atoms with Crippen molar-refractivity contribution >= 4 is 11.8 Å². The second-order valence-electron chi connectivity index (χ2n) is 4.99. The smallest absolute Gasteiger partial charge is 0.242 e. The fourth-order valence-corrected chi connectivity index (χ4v) is 1.96. The summed E-state index contributed by atoms with van der Waals surface area (Å²) in [7, 11) is 0. The van der Waals surface area contributed by atoms with Gasteiger partial charge in [-0.3, -0.25) is 9.59 Å². The molecule has 0 aromatic heterocycles. The van der Waals surface area contributed by atoms with Crippen LogP contribution in [-0.2, 0) is 16.0 Å². The van der Waals surface area contributed by atoms with Gasteiger partial charge in [0, 0.05) is 19.9 Å². The van der Waals surface area contributed by atoms with Crippen LogP contribution in [0.25, 0.3) is 0 Å². The third kappa shape index (κ3) is 6.17. The lowest BCUT2D eigenvalue weighted by molar-refractivity contribution is -0.128. The van der Waals surface area contributed by atoms with Gasteiger partial charge in [0.05, 0.1) is 0 Å². The normalized spacial score (nSPS) is 11.8. The Hall–Kier alpha value is -2.02. The molecule has 2 amide bonds. The Morgan fingerprint density at radius 3 is 2.55 bits per heavy atom. The SMILES string of the molecule is CC(=O)N[C@@H](Cc1ccc(F)c(F)c1)C(=O)NCCCCN. The van der Waals surface area contributed by atoms with E-state index >= 15 is 0 Å². The molecule has 5 nitrogen and oxygen atoms in total. The molecule has 0 heterocycles. The molecule has 0 unspecified atom stereocenters. The van der Waals surface area contributed by atoms with Gasteiger partial charge >= 0.3 is 0 Å². The van der Waals surface area contributed by atoms with Crippen LogP contribution in [0.15, 0.2) is 18.2 Å². The van der Waals surface area contributed by atoms with Crippen molar-refractivity contribution in [3.05, 3.63) is 35.4 Å². The van der Waals surface area contributed by atoms with Crippen LogP contribution in [0.1, 0.15) is 25.3 Å². The molecule has 0 saturated carbocycles. The summed E-state index contributed by atoms with van der Waals surface area (Å²) in [5.41, 5.74) is 5.79. The summed E-state index contributed by atoms with van der Waals surface area (Å²) in [5, 5.41) is 5.20. The zero-order valence-corrected chi connectivity index (χ0v) is 12.5. The largest absolute Gasteiger partial charge is 0.354 e. The first kappa shape index (κ1) is 18.0. The van der Waals surface area contributed by atoms with Gasteiger partial charge in [0.25, 0.3) is 0 Å². The van der Waals surface area contributed by atoms with E-state index in [0.717, 1.165) is 25.0 Å². The number of halogens is 2. The molecule has 1 aromatic rings. The minimum Gasteiger partial charge on any atom is -0.354 e. The van der Waals surface area contributed by atoms with Crippen LogP contribution in [-0.4, -0.2) is 30.9 Å². The van der Waals surface area contributed by atoms with Gasteiger partial charge in [0.2, 0.25) is 11.8 Å². The first-order chi connectivity index (χ1) is 10.4. The molecular weight excluding hydrogens is 292 g/mol. The molecule has 7 heteroatoms. The Balaban J connectivity index is 2.68. The molecular formula is C15H21F2N3O2. The van der Waals surface area contributed by atoms with E-state index in [9.17, 15) is 18.4 Å². The highest BCUT2D eigenvalue weighted by Crippen LogP contribution is 2.11. The molecule has 122 valence electrons. The van der Waals surface area contributed by atoms with Gasteiger partial charge in [-0.2, -0.15) is 0 Å². The van der Waals surface area contributed by atoms with E-state index in [0.29, 0.717) is 18.7 Å². The number of carbonyl (C=O) groups excluding carboxylic acids is 2. The van der Waals surface area contributed by atoms with Gasteiger partial charge in [0.1, 0.15) is 6.04 Å². The summed E-state index contributed by atoms with van der Waals surface area (Å²) in [4.78, 5) is 23.3. The number of hydrogen-bond acceptors (Lipinski definition) is 3. The van der Waals surface area contributed by atoms with Crippen LogP contribution in [0, 0.1) is 11.6 Å². The van der Waals surface area contributed by atoms with E-state index in [-0.39, 0.29) is 18.2 Å². The number of rotatable bonds is 8. The number of nitrogens with one attached hydrogen (secondary N) is 2. The highest BCUT2D eigenvalue weighted by atomic mass is 19.2. The van der Waals surface area contributed by atoms with Crippen LogP contribution in [0.5, 0.6) is 0 Å². The molecule has 1 rings (SSSR count). The monoisotopic (exact) mass is 313 g/mol. The third-order valence-electron chi connectivity index (χ3n) is 3.05. The van der Waals surface area contributed by atoms with Gasteiger partial charge < -0.3 is 16.4 Å². The third-order valence-corrected chi connectivity index (χ3v) is 3.05. The van der Waals surface area contributed by atoms with Crippen LogP contribution in [0.2, 0.25) is 0 Å². The highest BCUT2D eigenvalue weighted by Gasteiger charge is 2.20. The number of amides is 2. The fraction of sp³-hybridized carbons (Fsp3) is 0.467. The summed E-state index contributed by atoms with van der Waals surface area (Å²) < 4.78 is 26.1. The topological polar surface area (TPSA) is 84.2 Å². The van der Waals surface area contributed by atoms with Gasteiger partial charge in [0.15, 0.2) is 11.6 Å². The van der Waals surface area contributed by atoms with Gasteiger partial charge in [-0.1, -0.05) is 6.07 Å². The maximum Gasteiger partial charge on any atom is 0.242 e. The summed E-state index contributed by atoms with van der Waals surface area (Å²) in [6.07, 6.45) is 1.61. The predicted molar refractivity (Wildman–Crippen MR) is 79.0 cm³/mol. The molecule has 0 saturated heterocycles. The molecule has 0 spiro atoms. The van der Waals surface area contributed by atoms with E-state index in [1.54, 1.807) is 0 Å². The highest BCUT2D eigenvalue weighted by molar-refractivity contribution is 5.87. The second kappa shape index (κ2) is 9.09. The van der Waals surface area contributed by atoms with E-state index in [1.165, 1.54) is 13.0 Å². The van der Waals surface area contributed by atoms with Gasteiger partial charge in [-0.15, -0.1) is 0 Å². The summed E-state index contributed by atoms with van der Waals surface area (Å²) in [6, 6.07) is 2.57. The number of nitrogens with two attached hydrogens (primary N) is 1. The summed E-state index contributed by atoms with van der Waals surface area (Å²) in [6.45, 7) is 2.28. The number of unbranched alkanes of at least 4 members (excludes halogenated alkanes) is 1. The van der Waals surface area contributed by atoms with E-state index < -0.39 is 17.7 Å². The van der Waals surface area contributed by atoms with E-state index in [1.807, 2.05) is 0 Å². The molecule has 0 aliphatic heterocycles. The number of carbonyl (C=O) groups is 2. The average molecular weight is 313 g/mol. The number of hydrogen-bond donors (Lipinski definition) is 3. The van der Waals surface area contributed by atoms with Crippen molar-refractivity contribution in [2.75, 3.05) is 13.1 Å². The molecule has 22 heavy (non-hydrogen) atoms. The van der Waals surface area contributed by atoms with Crippen LogP contribution in [0.3, 0.4) is 0 Å². The van der Waals surface area contributed by atoms with Crippen LogP contribution < -0.4 is 16.4 Å². The van der Waals surface area contributed by atoms with Gasteiger partial charge in [-0.05, 0) is 37.1 Å². The van der Waals surface area contributed by atoms with E-state index in [2.05, 4.69) is 10.6 Å². The molecule has 0 radical (unpaired) electrons. The Labute approximate surface area is 128 Å². The quantitative estimate of drug-likeness (QED) is 0.623. The van der Waals surface area contributed by atoms with Crippen molar-refractivity contribution < 1.29 is 18.4 Å². The first-order valence-electron chi connectivity index (χ1n) is 7.13. The predicted octanol–water partition coefficient (Wildman–Crippen LogP) is 0.867. The minimum atomic E-state index is -0.984. The van der Waals surface area contributed by atoms with Gasteiger partial charge in [-0.25, -0.2) is 8.78 Å². The van der Waals surface area contributed by atoms with Crippen molar-refractivity contribution in [1.29, 1.82) is 0 Å². The number of benzene rings is 1. The second-order valence-corrected chi connectivity index (χ2v) is 4.99. The lowest BCUT2D eigenvalue weighted by atomic mass is 10.0. The van der Waals surface area contributed by atoms with E-state index in [4.69, 9.17) is 5.73 Å². The molecule has 0 aliphatic rings. The molecule has 0 fully saturated rings. The van der Waals surface area contributed by atoms with Crippen LogP contribution >= 0.6 is 0 Å². The Morgan fingerprint density at radius 1 is 1.23 bits per heavy atom. The minimum absolute atomic E-state index is 0.0828. The lowest BCUT2D eigenvalue weighted by Crippen LogP contribution is -2.47.